The normalized spacial score (nSPS) is 13.6. The molecular weight excluding hydrogens is 280 g/mol. The quantitative estimate of drug-likeness (QED) is 0.534. The van der Waals surface area contributed by atoms with Crippen LogP contribution in [0.3, 0.4) is 0 Å². The Morgan fingerprint density at radius 3 is 2.45 bits per heavy atom. The number of rotatable bonds is 8. The standard InChI is InChI=1S/C15H21ClO4/c1-4-6-15(19-11(3)18-14(17)5-2)20-13-9-7-12(16)8-10-13/h7-11,15H,4-6H2,1-3H3. The van der Waals surface area contributed by atoms with E-state index in [0.717, 1.165) is 6.42 Å². The molecule has 0 saturated carbocycles. The van der Waals surface area contributed by atoms with E-state index in [1.807, 2.05) is 6.92 Å². The lowest BCUT2D eigenvalue weighted by Crippen LogP contribution is -2.28. The van der Waals surface area contributed by atoms with Gasteiger partial charge in [0.25, 0.3) is 0 Å². The van der Waals surface area contributed by atoms with Crippen molar-refractivity contribution in [2.45, 2.75) is 52.6 Å². The van der Waals surface area contributed by atoms with Gasteiger partial charge in [-0.05, 0) is 31.2 Å². The van der Waals surface area contributed by atoms with E-state index in [-0.39, 0.29) is 5.97 Å². The Balaban J connectivity index is 2.55. The van der Waals surface area contributed by atoms with E-state index in [2.05, 4.69) is 0 Å². The van der Waals surface area contributed by atoms with Gasteiger partial charge in [0.1, 0.15) is 5.75 Å². The molecule has 0 aliphatic heterocycles. The van der Waals surface area contributed by atoms with Crippen molar-refractivity contribution in [2.75, 3.05) is 0 Å². The number of carbonyl (C=O) groups is 1. The van der Waals surface area contributed by atoms with Crippen molar-refractivity contribution in [1.29, 1.82) is 0 Å². The number of carbonyl (C=O) groups excluding carboxylic acids is 1. The van der Waals surface area contributed by atoms with Gasteiger partial charge in [-0.2, -0.15) is 0 Å². The average Bonchev–Trinajstić information content (AvgIpc) is 2.41. The van der Waals surface area contributed by atoms with Crippen molar-refractivity contribution in [3.8, 4) is 5.75 Å². The Kier molecular flexibility index (Phi) is 7.41. The summed E-state index contributed by atoms with van der Waals surface area (Å²) in [6.07, 6.45) is 0.834. The van der Waals surface area contributed by atoms with Crippen molar-refractivity contribution >= 4 is 17.6 Å². The van der Waals surface area contributed by atoms with Crippen LogP contribution < -0.4 is 4.74 Å². The summed E-state index contributed by atoms with van der Waals surface area (Å²) in [7, 11) is 0. The van der Waals surface area contributed by atoms with E-state index in [4.69, 9.17) is 25.8 Å². The second kappa shape index (κ2) is 8.82. The highest BCUT2D eigenvalue weighted by Crippen LogP contribution is 2.19. The molecule has 0 aliphatic rings. The summed E-state index contributed by atoms with van der Waals surface area (Å²) in [6, 6.07) is 7.05. The fourth-order valence-electron chi connectivity index (χ4n) is 1.57. The molecule has 1 aromatic carbocycles. The maximum absolute atomic E-state index is 11.2. The smallest absolute Gasteiger partial charge is 0.307 e. The Hall–Kier alpha value is -1.26. The van der Waals surface area contributed by atoms with Gasteiger partial charge in [-0.1, -0.05) is 31.9 Å². The molecule has 112 valence electrons. The zero-order chi connectivity index (χ0) is 15.0. The lowest BCUT2D eigenvalue weighted by Gasteiger charge is -2.23. The fraction of sp³-hybridized carbons (Fsp3) is 0.533. The van der Waals surface area contributed by atoms with Crippen LogP contribution in [0.4, 0.5) is 0 Å². The van der Waals surface area contributed by atoms with Crippen molar-refractivity contribution in [1.82, 2.24) is 0 Å². The molecule has 0 amide bonds. The second-order valence-corrected chi connectivity index (χ2v) is 4.77. The lowest BCUT2D eigenvalue weighted by molar-refractivity contribution is -0.214. The summed E-state index contributed by atoms with van der Waals surface area (Å²) in [6.45, 7) is 5.45. The van der Waals surface area contributed by atoms with E-state index in [9.17, 15) is 4.79 Å². The number of hydrogen-bond donors (Lipinski definition) is 0. The first-order chi connectivity index (χ1) is 9.55. The fourth-order valence-corrected chi connectivity index (χ4v) is 1.69. The second-order valence-electron chi connectivity index (χ2n) is 4.34. The maximum atomic E-state index is 11.2. The predicted octanol–water partition coefficient (Wildman–Crippen LogP) is 4.16. The summed E-state index contributed by atoms with van der Waals surface area (Å²) in [4.78, 5) is 11.2. The minimum absolute atomic E-state index is 0.292. The number of ether oxygens (including phenoxy) is 3. The molecule has 20 heavy (non-hydrogen) atoms. The SMILES string of the molecule is CCCC(Oc1ccc(Cl)cc1)OC(C)OC(=O)CC. The van der Waals surface area contributed by atoms with Crippen LogP contribution in [-0.2, 0) is 14.3 Å². The van der Waals surface area contributed by atoms with Gasteiger partial charge in [0.15, 0.2) is 0 Å². The van der Waals surface area contributed by atoms with Crippen LogP contribution >= 0.6 is 11.6 Å². The van der Waals surface area contributed by atoms with Crippen LogP contribution in [0, 0.1) is 0 Å². The van der Waals surface area contributed by atoms with E-state index < -0.39 is 12.6 Å². The summed E-state index contributed by atoms with van der Waals surface area (Å²) in [5.41, 5.74) is 0. The number of halogens is 1. The van der Waals surface area contributed by atoms with Gasteiger partial charge in [0.2, 0.25) is 12.6 Å². The molecule has 0 heterocycles. The molecule has 2 unspecified atom stereocenters. The minimum Gasteiger partial charge on any atom is -0.465 e. The maximum Gasteiger partial charge on any atom is 0.307 e. The molecule has 2 atom stereocenters. The molecule has 0 N–H and O–H groups in total. The lowest BCUT2D eigenvalue weighted by atomic mass is 10.3. The Morgan fingerprint density at radius 2 is 1.90 bits per heavy atom. The topological polar surface area (TPSA) is 44.8 Å². The molecule has 1 aromatic rings. The molecule has 1 rings (SSSR count). The molecule has 0 bridgehead atoms. The molecule has 0 fully saturated rings. The molecule has 0 saturated heterocycles. The van der Waals surface area contributed by atoms with Crippen LogP contribution in [0.2, 0.25) is 5.02 Å². The first-order valence-corrected chi connectivity index (χ1v) is 7.20. The highest BCUT2D eigenvalue weighted by molar-refractivity contribution is 6.30. The Morgan fingerprint density at radius 1 is 1.25 bits per heavy atom. The largest absolute Gasteiger partial charge is 0.465 e. The number of esters is 1. The van der Waals surface area contributed by atoms with Crippen molar-refractivity contribution < 1.29 is 19.0 Å². The van der Waals surface area contributed by atoms with Crippen molar-refractivity contribution in [3.63, 3.8) is 0 Å². The van der Waals surface area contributed by atoms with Gasteiger partial charge < -0.3 is 14.2 Å². The van der Waals surface area contributed by atoms with Gasteiger partial charge in [-0.15, -0.1) is 0 Å². The van der Waals surface area contributed by atoms with Crippen LogP contribution in [-0.4, -0.2) is 18.5 Å². The van der Waals surface area contributed by atoms with Gasteiger partial charge in [-0.3, -0.25) is 4.79 Å². The van der Waals surface area contributed by atoms with Gasteiger partial charge >= 0.3 is 5.97 Å². The van der Waals surface area contributed by atoms with Crippen LogP contribution in [0.15, 0.2) is 24.3 Å². The number of hydrogen-bond acceptors (Lipinski definition) is 4. The van der Waals surface area contributed by atoms with E-state index in [0.29, 0.717) is 23.6 Å². The zero-order valence-electron chi connectivity index (χ0n) is 12.1. The molecule has 0 spiro atoms. The first-order valence-electron chi connectivity index (χ1n) is 6.82. The zero-order valence-corrected chi connectivity index (χ0v) is 12.9. The third-order valence-electron chi connectivity index (χ3n) is 2.54. The van der Waals surface area contributed by atoms with E-state index >= 15 is 0 Å². The molecule has 4 nitrogen and oxygen atoms in total. The highest BCUT2D eigenvalue weighted by atomic mass is 35.5. The summed E-state index contributed by atoms with van der Waals surface area (Å²) >= 11 is 5.82. The molecule has 0 aliphatic carbocycles. The predicted molar refractivity (Wildman–Crippen MR) is 77.7 cm³/mol. The van der Waals surface area contributed by atoms with Crippen LogP contribution in [0.1, 0.15) is 40.0 Å². The summed E-state index contributed by atoms with van der Waals surface area (Å²) < 4.78 is 16.4. The van der Waals surface area contributed by atoms with Crippen LogP contribution in [0.5, 0.6) is 5.75 Å². The van der Waals surface area contributed by atoms with E-state index in [1.54, 1.807) is 38.1 Å². The third kappa shape index (κ3) is 6.26. The first kappa shape index (κ1) is 16.8. The number of benzene rings is 1. The van der Waals surface area contributed by atoms with E-state index in [1.165, 1.54) is 0 Å². The molecular formula is C15H21ClO4. The average molecular weight is 301 g/mol. The Bertz CT molecular complexity index is 405. The van der Waals surface area contributed by atoms with Crippen molar-refractivity contribution in [2.24, 2.45) is 0 Å². The summed E-state index contributed by atoms with van der Waals surface area (Å²) in [5.74, 6) is 0.376. The van der Waals surface area contributed by atoms with Crippen molar-refractivity contribution in [3.05, 3.63) is 29.3 Å². The summed E-state index contributed by atoms with van der Waals surface area (Å²) in [5, 5.41) is 0.649. The Labute approximate surface area is 125 Å². The molecule has 0 radical (unpaired) electrons. The van der Waals surface area contributed by atoms with Gasteiger partial charge in [-0.25, -0.2) is 0 Å². The highest BCUT2D eigenvalue weighted by Gasteiger charge is 2.16. The minimum atomic E-state index is -0.633. The third-order valence-corrected chi connectivity index (χ3v) is 2.79. The van der Waals surface area contributed by atoms with Gasteiger partial charge in [0.05, 0.1) is 0 Å². The monoisotopic (exact) mass is 300 g/mol. The molecule has 5 heteroatoms. The van der Waals surface area contributed by atoms with Crippen LogP contribution in [0.25, 0.3) is 0 Å². The molecule has 0 aromatic heterocycles. The van der Waals surface area contributed by atoms with Gasteiger partial charge in [0, 0.05) is 17.9 Å².